The minimum absolute atomic E-state index is 0.364. The van der Waals surface area contributed by atoms with E-state index in [1.54, 1.807) is 12.1 Å². The molecule has 0 atom stereocenters. The summed E-state index contributed by atoms with van der Waals surface area (Å²) >= 11 is 0. The van der Waals surface area contributed by atoms with Crippen LogP contribution in [-0.2, 0) is 4.79 Å². The molecule has 0 aliphatic carbocycles. The van der Waals surface area contributed by atoms with Crippen molar-refractivity contribution in [1.82, 2.24) is 10.2 Å². The second-order valence-electron chi connectivity index (χ2n) is 4.85. The van der Waals surface area contributed by atoms with Crippen molar-refractivity contribution in [3.05, 3.63) is 29.8 Å². The molecule has 0 saturated heterocycles. The smallest absolute Gasteiger partial charge is 0.323 e. The average Bonchev–Trinajstić information content (AvgIpc) is 2.36. The molecule has 0 aromatic heterocycles. The Bertz CT molecular complexity index is 457. The Kier molecular flexibility index (Phi) is 5.99. The molecule has 0 aliphatic rings. The maximum Gasteiger partial charge on any atom is 0.323 e. The Balaban J connectivity index is 2.75. The number of rotatable bonds is 6. The van der Waals surface area contributed by atoms with E-state index in [1.807, 2.05) is 38.1 Å². The lowest BCUT2D eigenvalue weighted by molar-refractivity contribution is -0.135. The van der Waals surface area contributed by atoms with Crippen molar-refractivity contribution >= 4 is 17.7 Å². The number of carboxylic acid groups (broad SMARTS) is 1. The van der Waals surface area contributed by atoms with E-state index in [0.717, 1.165) is 5.56 Å². The number of carboxylic acids is 1. The van der Waals surface area contributed by atoms with Gasteiger partial charge in [-0.2, -0.15) is 0 Å². The molecule has 6 nitrogen and oxygen atoms in total. The van der Waals surface area contributed by atoms with Crippen molar-refractivity contribution in [1.29, 1.82) is 0 Å². The predicted molar refractivity (Wildman–Crippen MR) is 78.1 cm³/mol. The summed E-state index contributed by atoms with van der Waals surface area (Å²) in [6, 6.07) is 6.76. The zero-order valence-electron chi connectivity index (χ0n) is 12.1. The quantitative estimate of drug-likeness (QED) is 0.819. The van der Waals surface area contributed by atoms with Crippen molar-refractivity contribution < 1.29 is 14.7 Å². The molecule has 2 amide bonds. The fourth-order valence-electron chi connectivity index (χ4n) is 1.62. The minimum atomic E-state index is -1.05. The van der Waals surface area contributed by atoms with Crippen LogP contribution in [0, 0.1) is 6.92 Å². The van der Waals surface area contributed by atoms with Gasteiger partial charge in [-0.3, -0.25) is 9.69 Å². The van der Waals surface area contributed by atoms with Gasteiger partial charge in [0.05, 0.1) is 0 Å². The highest BCUT2D eigenvalue weighted by Crippen LogP contribution is 2.15. The van der Waals surface area contributed by atoms with Crippen LogP contribution < -0.4 is 10.2 Å². The summed E-state index contributed by atoms with van der Waals surface area (Å²) < 4.78 is 0. The van der Waals surface area contributed by atoms with Crippen LogP contribution in [0.25, 0.3) is 0 Å². The van der Waals surface area contributed by atoms with Crippen LogP contribution in [0.4, 0.5) is 10.5 Å². The van der Waals surface area contributed by atoms with E-state index < -0.39 is 12.0 Å². The van der Waals surface area contributed by atoms with Crippen molar-refractivity contribution in [3.63, 3.8) is 0 Å². The molecule has 2 N–H and O–H groups in total. The summed E-state index contributed by atoms with van der Waals surface area (Å²) in [6.45, 7) is 2.73. The molecule has 0 unspecified atom stereocenters. The highest BCUT2D eigenvalue weighted by atomic mass is 16.4. The third-order valence-corrected chi connectivity index (χ3v) is 2.72. The second-order valence-corrected chi connectivity index (χ2v) is 4.85. The zero-order chi connectivity index (χ0) is 15.1. The van der Waals surface area contributed by atoms with Crippen LogP contribution in [0.2, 0.25) is 0 Å². The Morgan fingerprint density at radius 3 is 2.30 bits per heavy atom. The number of likely N-dealkylation sites (N-methyl/N-ethyl adjacent to an activating group) is 1. The number of urea groups is 1. The van der Waals surface area contributed by atoms with Crippen LogP contribution in [-0.4, -0.2) is 55.7 Å². The second kappa shape index (κ2) is 7.49. The Morgan fingerprint density at radius 2 is 1.80 bits per heavy atom. The van der Waals surface area contributed by atoms with E-state index in [-0.39, 0.29) is 6.54 Å². The average molecular weight is 279 g/mol. The van der Waals surface area contributed by atoms with Gasteiger partial charge in [0.15, 0.2) is 0 Å². The number of nitrogens with zero attached hydrogens (tertiary/aromatic N) is 2. The number of benzene rings is 1. The van der Waals surface area contributed by atoms with Crippen molar-refractivity contribution in [3.8, 4) is 0 Å². The molecule has 0 saturated carbocycles. The number of amides is 2. The van der Waals surface area contributed by atoms with E-state index in [4.69, 9.17) is 5.11 Å². The van der Waals surface area contributed by atoms with E-state index in [2.05, 4.69) is 5.32 Å². The number of aliphatic carboxylic acids is 1. The molecule has 1 aromatic rings. The molecule has 0 radical (unpaired) electrons. The minimum Gasteiger partial charge on any atom is -0.480 e. The van der Waals surface area contributed by atoms with E-state index in [1.165, 1.54) is 4.90 Å². The third kappa shape index (κ3) is 5.27. The maximum atomic E-state index is 12.1. The molecule has 20 heavy (non-hydrogen) atoms. The first-order valence-electron chi connectivity index (χ1n) is 6.38. The van der Waals surface area contributed by atoms with E-state index in [9.17, 15) is 9.59 Å². The van der Waals surface area contributed by atoms with Crippen LogP contribution in [0.3, 0.4) is 0 Å². The molecule has 1 rings (SSSR count). The van der Waals surface area contributed by atoms with Gasteiger partial charge in [0, 0.05) is 18.8 Å². The number of hydrogen-bond acceptors (Lipinski definition) is 3. The fraction of sp³-hybridized carbons (Fsp3) is 0.429. The highest BCUT2D eigenvalue weighted by molar-refractivity contribution is 5.96. The number of nitrogens with one attached hydrogen (secondary N) is 1. The number of aryl methyl sites for hydroxylation is 1. The van der Waals surface area contributed by atoms with E-state index >= 15 is 0 Å². The van der Waals surface area contributed by atoms with Crippen LogP contribution in [0.15, 0.2) is 24.3 Å². The van der Waals surface area contributed by atoms with Crippen LogP contribution in [0.5, 0.6) is 0 Å². The predicted octanol–water partition coefficient (Wildman–Crippen LogP) is 1.16. The van der Waals surface area contributed by atoms with Crippen LogP contribution in [0.1, 0.15) is 5.56 Å². The topological polar surface area (TPSA) is 72.9 Å². The first kappa shape index (κ1) is 16.0. The molecule has 0 bridgehead atoms. The number of carbonyl (C=O) groups is 2. The molecule has 0 aliphatic heterocycles. The molecule has 0 spiro atoms. The fourth-order valence-corrected chi connectivity index (χ4v) is 1.62. The molecule has 1 aromatic carbocycles. The number of hydrogen-bond donors (Lipinski definition) is 2. The van der Waals surface area contributed by atoms with Crippen molar-refractivity contribution in [2.75, 3.05) is 38.6 Å². The Labute approximate surface area is 119 Å². The van der Waals surface area contributed by atoms with Gasteiger partial charge in [0.1, 0.15) is 6.54 Å². The van der Waals surface area contributed by atoms with E-state index in [0.29, 0.717) is 18.8 Å². The lowest BCUT2D eigenvalue weighted by atomic mass is 10.2. The van der Waals surface area contributed by atoms with Gasteiger partial charge in [-0.15, -0.1) is 0 Å². The van der Waals surface area contributed by atoms with Crippen LogP contribution >= 0.6 is 0 Å². The van der Waals surface area contributed by atoms with Gasteiger partial charge in [0.25, 0.3) is 0 Å². The first-order valence-corrected chi connectivity index (χ1v) is 6.38. The summed E-state index contributed by atoms with van der Waals surface area (Å²) in [7, 11) is 3.81. The Hall–Kier alpha value is -2.08. The summed E-state index contributed by atoms with van der Waals surface area (Å²) in [5, 5.41) is 11.6. The normalized spacial score (nSPS) is 10.4. The Morgan fingerprint density at radius 1 is 1.20 bits per heavy atom. The van der Waals surface area contributed by atoms with Gasteiger partial charge in [0.2, 0.25) is 0 Å². The number of anilines is 1. The standard InChI is InChI=1S/C14H21N3O3/c1-11-4-6-12(7-5-11)17(10-13(18)19)14(20)15-8-9-16(2)3/h4-7H,8-10H2,1-3H3,(H,15,20)(H,18,19). The maximum absolute atomic E-state index is 12.1. The van der Waals surface area contributed by atoms with Gasteiger partial charge in [-0.1, -0.05) is 17.7 Å². The molecule has 0 fully saturated rings. The SMILES string of the molecule is Cc1ccc(N(CC(=O)O)C(=O)NCCN(C)C)cc1. The van der Waals surface area contributed by atoms with Crippen molar-refractivity contribution in [2.24, 2.45) is 0 Å². The van der Waals surface area contributed by atoms with Crippen molar-refractivity contribution in [2.45, 2.75) is 6.92 Å². The highest BCUT2D eigenvalue weighted by Gasteiger charge is 2.18. The summed E-state index contributed by atoms with van der Waals surface area (Å²) in [4.78, 5) is 26.1. The first-order chi connectivity index (χ1) is 9.40. The van der Waals surface area contributed by atoms with Gasteiger partial charge >= 0.3 is 12.0 Å². The third-order valence-electron chi connectivity index (χ3n) is 2.72. The number of carbonyl (C=O) groups excluding carboxylic acids is 1. The summed E-state index contributed by atoms with van der Waals surface area (Å²) in [5.41, 5.74) is 1.62. The molecule has 0 heterocycles. The molecular weight excluding hydrogens is 258 g/mol. The lowest BCUT2D eigenvalue weighted by Crippen LogP contribution is -2.44. The summed E-state index contributed by atoms with van der Waals surface area (Å²) in [5.74, 6) is -1.05. The summed E-state index contributed by atoms with van der Waals surface area (Å²) in [6.07, 6.45) is 0. The van der Waals surface area contributed by atoms with Gasteiger partial charge in [-0.25, -0.2) is 4.79 Å². The molecular formula is C14H21N3O3. The largest absolute Gasteiger partial charge is 0.480 e. The molecule has 6 heteroatoms. The molecule has 110 valence electrons. The zero-order valence-corrected chi connectivity index (χ0v) is 12.1. The lowest BCUT2D eigenvalue weighted by Gasteiger charge is -2.22. The van der Waals surface area contributed by atoms with Gasteiger partial charge in [-0.05, 0) is 33.2 Å². The monoisotopic (exact) mass is 279 g/mol. The van der Waals surface area contributed by atoms with Gasteiger partial charge < -0.3 is 15.3 Å².